The Morgan fingerprint density at radius 1 is 1.62 bits per heavy atom. The Hall–Kier alpha value is -0.420. The summed E-state index contributed by atoms with van der Waals surface area (Å²) in [5, 5.41) is 1.07. The van der Waals surface area contributed by atoms with Crippen molar-refractivity contribution < 1.29 is 4.79 Å². The molecule has 1 unspecified atom stereocenters. The van der Waals surface area contributed by atoms with E-state index in [1.54, 1.807) is 12.2 Å². The standard InChI is InChI=1S/C6H7OP/c7-5-2-1-3-6(8)4-5/h1-3H,4,8H2. The summed E-state index contributed by atoms with van der Waals surface area (Å²) in [5.74, 6) is 0.192. The molecule has 0 N–H and O–H groups in total. The van der Waals surface area contributed by atoms with Gasteiger partial charge in [-0.3, -0.25) is 4.79 Å². The number of hydrogen-bond donors (Lipinski definition) is 0. The van der Waals surface area contributed by atoms with Crippen molar-refractivity contribution in [1.82, 2.24) is 0 Å². The summed E-state index contributed by atoms with van der Waals surface area (Å²) in [7, 11) is 2.52. The topological polar surface area (TPSA) is 17.1 Å². The predicted molar refractivity (Wildman–Crippen MR) is 36.6 cm³/mol. The summed E-state index contributed by atoms with van der Waals surface area (Å²) >= 11 is 0. The van der Waals surface area contributed by atoms with Crippen LogP contribution in [0.15, 0.2) is 23.5 Å². The second kappa shape index (κ2) is 2.23. The number of allylic oxidation sites excluding steroid dienone is 4. The van der Waals surface area contributed by atoms with Gasteiger partial charge in [0, 0.05) is 6.42 Å². The highest BCUT2D eigenvalue weighted by atomic mass is 31.0. The van der Waals surface area contributed by atoms with Gasteiger partial charge < -0.3 is 0 Å². The predicted octanol–water partition coefficient (Wildman–Crippen LogP) is 1.27. The van der Waals surface area contributed by atoms with E-state index in [0.717, 1.165) is 5.31 Å². The highest BCUT2D eigenvalue weighted by Crippen LogP contribution is 2.14. The van der Waals surface area contributed by atoms with E-state index in [2.05, 4.69) is 9.24 Å². The van der Waals surface area contributed by atoms with Crippen molar-refractivity contribution in [3.05, 3.63) is 23.5 Å². The largest absolute Gasteiger partial charge is 0.294 e. The molecule has 0 bridgehead atoms. The van der Waals surface area contributed by atoms with Crippen molar-refractivity contribution in [2.75, 3.05) is 0 Å². The molecule has 2 heteroatoms. The number of carbonyl (C=O) groups excluding carboxylic acids is 1. The van der Waals surface area contributed by atoms with Crippen molar-refractivity contribution in [3.8, 4) is 0 Å². The molecule has 0 aromatic rings. The van der Waals surface area contributed by atoms with E-state index in [0.29, 0.717) is 6.42 Å². The molecule has 8 heavy (non-hydrogen) atoms. The molecular weight excluding hydrogens is 119 g/mol. The van der Waals surface area contributed by atoms with E-state index in [1.807, 2.05) is 6.08 Å². The van der Waals surface area contributed by atoms with Gasteiger partial charge >= 0.3 is 0 Å². The van der Waals surface area contributed by atoms with Gasteiger partial charge in [0.25, 0.3) is 0 Å². The van der Waals surface area contributed by atoms with E-state index < -0.39 is 0 Å². The van der Waals surface area contributed by atoms with Gasteiger partial charge in [-0.2, -0.15) is 0 Å². The van der Waals surface area contributed by atoms with Crippen LogP contribution in [0.1, 0.15) is 6.42 Å². The zero-order valence-electron chi connectivity index (χ0n) is 4.42. The molecule has 0 aromatic heterocycles. The smallest absolute Gasteiger partial charge is 0.160 e. The maximum absolute atomic E-state index is 10.5. The van der Waals surface area contributed by atoms with E-state index in [1.165, 1.54) is 0 Å². The average molecular weight is 126 g/mol. The molecular formula is C6H7OP. The van der Waals surface area contributed by atoms with E-state index in [9.17, 15) is 4.79 Å². The summed E-state index contributed by atoms with van der Waals surface area (Å²) < 4.78 is 0. The molecule has 0 aliphatic heterocycles. The van der Waals surface area contributed by atoms with Crippen LogP contribution in [0.2, 0.25) is 0 Å². The lowest BCUT2D eigenvalue weighted by molar-refractivity contribution is -0.113. The fourth-order valence-electron chi connectivity index (χ4n) is 0.598. The summed E-state index contributed by atoms with van der Waals surface area (Å²) in [6.45, 7) is 0. The van der Waals surface area contributed by atoms with Crippen LogP contribution in [0.3, 0.4) is 0 Å². The van der Waals surface area contributed by atoms with Crippen LogP contribution in [0.25, 0.3) is 0 Å². The van der Waals surface area contributed by atoms with Crippen molar-refractivity contribution in [1.29, 1.82) is 0 Å². The van der Waals surface area contributed by atoms with E-state index in [4.69, 9.17) is 0 Å². The van der Waals surface area contributed by atoms with Gasteiger partial charge in [-0.15, -0.1) is 9.24 Å². The Morgan fingerprint density at radius 3 is 2.75 bits per heavy atom. The SMILES string of the molecule is O=C1C=CC=C(P)C1. The Morgan fingerprint density at radius 2 is 2.38 bits per heavy atom. The van der Waals surface area contributed by atoms with Gasteiger partial charge in [0.2, 0.25) is 0 Å². The molecule has 0 fully saturated rings. The lowest BCUT2D eigenvalue weighted by Crippen LogP contribution is -1.94. The Balaban J connectivity index is 2.73. The first kappa shape index (κ1) is 5.71. The molecule has 1 aliphatic rings. The van der Waals surface area contributed by atoms with Crippen LogP contribution in [-0.2, 0) is 4.79 Å². The van der Waals surface area contributed by atoms with Crippen LogP contribution in [-0.4, -0.2) is 5.78 Å². The Labute approximate surface area is 50.7 Å². The first-order valence-electron chi connectivity index (χ1n) is 2.44. The van der Waals surface area contributed by atoms with Crippen molar-refractivity contribution in [3.63, 3.8) is 0 Å². The minimum atomic E-state index is 0.192. The minimum Gasteiger partial charge on any atom is -0.294 e. The first-order chi connectivity index (χ1) is 3.79. The third kappa shape index (κ3) is 1.28. The van der Waals surface area contributed by atoms with Crippen LogP contribution in [0.5, 0.6) is 0 Å². The number of hydrogen-bond acceptors (Lipinski definition) is 1. The minimum absolute atomic E-state index is 0.192. The first-order valence-corrected chi connectivity index (χ1v) is 3.02. The van der Waals surface area contributed by atoms with Crippen LogP contribution < -0.4 is 0 Å². The Kier molecular flexibility index (Phi) is 1.59. The van der Waals surface area contributed by atoms with Crippen molar-refractivity contribution in [2.24, 2.45) is 0 Å². The monoisotopic (exact) mass is 126 g/mol. The Bertz CT molecular complexity index is 167. The van der Waals surface area contributed by atoms with Gasteiger partial charge in [-0.05, 0) is 11.4 Å². The van der Waals surface area contributed by atoms with Crippen LogP contribution in [0, 0.1) is 0 Å². The summed E-state index contributed by atoms with van der Waals surface area (Å²) in [4.78, 5) is 10.5. The van der Waals surface area contributed by atoms with Gasteiger partial charge in [0.15, 0.2) is 5.78 Å². The molecule has 0 saturated carbocycles. The van der Waals surface area contributed by atoms with Gasteiger partial charge in [0.1, 0.15) is 0 Å². The summed E-state index contributed by atoms with van der Waals surface area (Å²) in [6, 6.07) is 0. The molecule has 0 aromatic carbocycles. The zero-order valence-corrected chi connectivity index (χ0v) is 5.58. The molecule has 0 radical (unpaired) electrons. The van der Waals surface area contributed by atoms with Gasteiger partial charge in [0.05, 0.1) is 0 Å². The number of ketones is 1. The van der Waals surface area contributed by atoms with Gasteiger partial charge in [-0.25, -0.2) is 0 Å². The molecule has 1 atom stereocenters. The average Bonchev–Trinajstić information content (AvgIpc) is 1.64. The normalized spacial score (nSPS) is 18.6. The van der Waals surface area contributed by atoms with Crippen molar-refractivity contribution in [2.45, 2.75) is 6.42 Å². The number of rotatable bonds is 0. The van der Waals surface area contributed by atoms with E-state index >= 15 is 0 Å². The van der Waals surface area contributed by atoms with E-state index in [-0.39, 0.29) is 5.78 Å². The summed E-state index contributed by atoms with van der Waals surface area (Å²) in [5.41, 5.74) is 0. The van der Waals surface area contributed by atoms with Gasteiger partial charge in [-0.1, -0.05) is 12.2 Å². The quantitative estimate of drug-likeness (QED) is 0.447. The zero-order chi connectivity index (χ0) is 5.98. The fraction of sp³-hybridized carbons (Fsp3) is 0.167. The third-order valence-corrected chi connectivity index (χ3v) is 1.37. The highest BCUT2D eigenvalue weighted by Gasteiger charge is 2.00. The maximum atomic E-state index is 10.5. The van der Waals surface area contributed by atoms with Crippen LogP contribution in [0.4, 0.5) is 0 Å². The lowest BCUT2D eigenvalue weighted by Gasteiger charge is -1.98. The third-order valence-electron chi connectivity index (χ3n) is 0.971. The lowest BCUT2D eigenvalue weighted by atomic mass is 10.2. The molecule has 42 valence electrons. The second-order valence-corrected chi connectivity index (χ2v) is 2.49. The fourth-order valence-corrected chi connectivity index (χ4v) is 0.910. The van der Waals surface area contributed by atoms with Crippen molar-refractivity contribution >= 4 is 15.0 Å². The van der Waals surface area contributed by atoms with Crippen LogP contribution >= 0.6 is 9.24 Å². The second-order valence-electron chi connectivity index (χ2n) is 1.74. The molecule has 0 saturated heterocycles. The molecule has 1 aliphatic carbocycles. The highest BCUT2D eigenvalue weighted by molar-refractivity contribution is 7.22. The molecule has 0 amide bonds. The maximum Gasteiger partial charge on any atom is 0.160 e. The summed E-state index contributed by atoms with van der Waals surface area (Å²) in [6.07, 6.45) is 5.86. The molecule has 0 spiro atoms. The molecule has 1 nitrogen and oxygen atoms in total. The molecule has 1 rings (SSSR count). The molecule has 0 heterocycles. The number of carbonyl (C=O) groups is 1.